The lowest BCUT2D eigenvalue weighted by Crippen LogP contribution is -2.03. The van der Waals surface area contributed by atoms with Gasteiger partial charge >= 0.3 is 0 Å². The number of carbonyl (C=O) groups is 1. The topological polar surface area (TPSA) is 69.6 Å². The van der Waals surface area contributed by atoms with Crippen molar-refractivity contribution in [2.45, 2.75) is 12.8 Å². The Morgan fingerprint density at radius 2 is 2.21 bits per heavy atom. The van der Waals surface area contributed by atoms with Crippen LogP contribution in [0.4, 0.5) is 5.69 Å². The number of phenols is 1. The maximum Gasteiger partial charge on any atom is 0.228 e. The standard InChI is InChI=1S/C10H11NO3/c12-2-1-6-3-7-4-10(14)11-8(7)5-9(6)13/h3,5,12-13H,1-2,4H2,(H,11,14). The number of hydrogen-bond acceptors (Lipinski definition) is 3. The lowest BCUT2D eigenvalue weighted by Gasteiger charge is -2.05. The molecule has 4 heteroatoms. The lowest BCUT2D eigenvalue weighted by atomic mass is 10.1. The van der Waals surface area contributed by atoms with Crippen LogP contribution in [0, 0.1) is 0 Å². The van der Waals surface area contributed by atoms with Crippen LogP contribution in [0.15, 0.2) is 12.1 Å². The number of phenolic OH excluding ortho intramolecular Hbond substituents is 1. The smallest absolute Gasteiger partial charge is 0.228 e. The van der Waals surface area contributed by atoms with E-state index in [4.69, 9.17) is 5.11 Å². The number of nitrogens with one attached hydrogen (secondary N) is 1. The predicted octanol–water partition coefficient (Wildman–Crippen LogP) is 0.422. The number of aliphatic hydroxyl groups excluding tert-OH is 1. The van der Waals surface area contributed by atoms with Crippen LogP contribution in [0.5, 0.6) is 5.75 Å². The molecule has 0 fully saturated rings. The van der Waals surface area contributed by atoms with Crippen molar-refractivity contribution in [2.24, 2.45) is 0 Å². The number of benzene rings is 1. The Morgan fingerprint density at radius 1 is 1.43 bits per heavy atom. The van der Waals surface area contributed by atoms with Crippen LogP contribution in [-0.4, -0.2) is 22.7 Å². The second-order valence-corrected chi connectivity index (χ2v) is 3.34. The molecule has 0 atom stereocenters. The van der Waals surface area contributed by atoms with Crippen LogP contribution in [0.25, 0.3) is 0 Å². The Hall–Kier alpha value is -1.55. The van der Waals surface area contributed by atoms with Crippen LogP contribution < -0.4 is 5.32 Å². The van der Waals surface area contributed by atoms with Crippen molar-refractivity contribution in [2.75, 3.05) is 11.9 Å². The zero-order valence-electron chi connectivity index (χ0n) is 7.58. The van der Waals surface area contributed by atoms with E-state index in [1.807, 2.05) is 0 Å². The first-order chi connectivity index (χ1) is 6.70. The molecule has 3 N–H and O–H groups in total. The molecule has 1 heterocycles. The molecule has 1 aromatic rings. The van der Waals surface area contributed by atoms with Gasteiger partial charge < -0.3 is 15.5 Å². The van der Waals surface area contributed by atoms with Crippen molar-refractivity contribution >= 4 is 11.6 Å². The molecule has 74 valence electrons. The van der Waals surface area contributed by atoms with E-state index in [1.165, 1.54) is 6.07 Å². The highest BCUT2D eigenvalue weighted by Gasteiger charge is 2.19. The van der Waals surface area contributed by atoms with E-state index in [-0.39, 0.29) is 18.3 Å². The van der Waals surface area contributed by atoms with E-state index in [2.05, 4.69) is 5.32 Å². The Morgan fingerprint density at radius 3 is 2.93 bits per heavy atom. The Kier molecular flexibility index (Phi) is 2.13. The number of amides is 1. The molecule has 0 radical (unpaired) electrons. The van der Waals surface area contributed by atoms with Gasteiger partial charge in [-0.05, 0) is 23.6 Å². The van der Waals surface area contributed by atoms with Gasteiger partial charge in [-0.2, -0.15) is 0 Å². The average molecular weight is 193 g/mol. The molecule has 4 nitrogen and oxygen atoms in total. The summed E-state index contributed by atoms with van der Waals surface area (Å²) < 4.78 is 0. The van der Waals surface area contributed by atoms with E-state index in [9.17, 15) is 9.90 Å². The van der Waals surface area contributed by atoms with Gasteiger partial charge in [0.25, 0.3) is 0 Å². The molecule has 1 aliphatic rings. The van der Waals surface area contributed by atoms with Crippen LogP contribution in [0.1, 0.15) is 11.1 Å². The number of hydrogen-bond donors (Lipinski definition) is 3. The summed E-state index contributed by atoms with van der Waals surface area (Å²) in [6.07, 6.45) is 0.765. The molecule has 14 heavy (non-hydrogen) atoms. The van der Waals surface area contributed by atoms with Crippen molar-refractivity contribution < 1.29 is 15.0 Å². The van der Waals surface area contributed by atoms with Gasteiger partial charge in [-0.15, -0.1) is 0 Å². The molecule has 1 aromatic carbocycles. The molecule has 0 saturated heterocycles. The number of aliphatic hydroxyl groups is 1. The van der Waals surface area contributed by atoms with Gasteiger partial charge in [-0.1, -0.05) is 0 Å². The highest BCUT2D eigenvalue weighted by Crippen LogP contribution is 2.30. The van der Waals surface area contributed by atoms with E-state index < -0.39 is 0 Å². The van der Waals surface area contributed by atoms with E-state index >= 15 is 0 Å². The Labute approximate surface area is 81.2 Å². The number of fused-ring (bicyclic) bond motifs is 1. The summed E-state index contributed by atoms with van der Waals surface area (Å²) in [5.74, 6) is 0.0700. The van der Waals surface area contributed by atoms with E-state index in [1.54, 1.807) is 6.07 Å². The first kappa shape index (κ1) is 9.02. The SMILES string of the molecule is O=C1Cc2cc(CCO)c(O)cc2N1. The molecule has 1 amide bonds. The van der Waals surface area contributed by atoms with Crippen LogP contribution in [0.2, 0.25) is 0 Å². The summed E-state index contributed by atoms with van der Waals surface area (Å²) >= 11 is 0. The molecule has 0 unspecified atom stereocenters. The minimum atomic E-state index is -0.0550. The zero-order chi connectivity index (χ0) is 10.1. The zero-order valence-corrected chi connectivity index (χ0v) is 7.58. The minimum absolute atomic E-state index is 0.00623. The second kappa shape index (κ2) is 3.31. The fraction of sp³-hybridized carbons (Fsp3) is 0.300. The van der Waals surface area contributed by atoms with Gasteiger partial charge in [0.05, 0.1) is 6.42 Å². The van der Waals surface area contributed by atoms with Crippen molar-refractivity contribution in [3.63, 3.8) is 0 Å². The largest absolute Gasteiger partial charge is 0.508 e. The fourth-order valence-electron chi connectivity index (χ4n) is 1.63. The maximum absolute atomic E-state index is 11.0. The molecule has 0 saturated carbocycles. The van der Waals surface area contributed by atoms with Gasteiger partial charge in [0.2, 0.25) is 5.91 Å². The normalized spacial score (nSPS) is 13.9. The van der Waals surface area contributed by atoms with Crippen molar-refractivity contribution in [1.82, 2.24) is 0 Å². The quantitative estimate of drug-likeness (QED) is 0.637. The Bertz CT molecular complexity index is 387. The van der Waals surface area contributed by atoms with Crippen LogP contribution in [0.3, 0.4) is 0 Å². The molecule has 0 aromatic heterocycles. The van der Waals surface area contributed by atoms with Gasteiger partial charge in [0.1, 0.15) is 5.75 Å². The minimum Gasteiger partial charge on any atom is -0.508 e. The fourth-order valence-corrected chi connectivity index (χ4v) is 1.63. The molecular weight excluding hydrogens is 182 g/mol. The third-order valence-corrected chi connectivity index (χ3v) is 2.31. The monoisotopic (exact) mass is 193 g/mol. The number of anilines is 1. The first-order valence-corrected chi connectivity index (χ1v) is 4.46. The summed E-state index contributed by atoms with van der Waals surface area (Å²) in [5.41, 5.74) is 2.24. The van der Waals surface area contributed by atoms with Gasteiger partial charge in [-0.25, -0.2) is 0 Å². The van der Waals surface area contributed by atoms with Crippen molar-refractivity contribution in [3.05, 3.63) is 23.3 Å². The third-order valence-electron chi connectivity index (χ3n) is 2.31. The highest BCUT2D eigenvalue weighted by atomic mass is 16.3. The predicted molar refractivity (Wildman–Crippen MR) is 51.2 cm³/mol. The third kappa shape index (κ3) is 1.44. The van der Waals surface area contributed by atoms with Crippen LogP contribution >= 0.6 is 0 Å². The summed E-state index contributed by atoms with van der Waals surface area (Å²) in [7, 11) is 0. The summed E-state index contributed by atoms with van der Waals surface area (Å²) in [5, 5.41) is 20.9. The van der Waals surface area contributed by atoms with Crippen molar-refractivity contribution in [3.8, 4) is 5.75 Å². The summed E-state index contributed by atoms with van der Waals surface area (Å²) in [6.45, 7) is -0.00623. The Balaban J connectivity index is 2.39. The molecule has 0 aliphatic carbocycles. The molecule has 2 rings (SSSR count). The van der Waals surface area contributed by atoms with Crippen LogP contribution in [-0.2, 0) is 17.6 Å². The van der Waals surface area contributed by atoms with Gasteiger partial charge in [-0.3, -0.25) is 4.79 Å². The number of carbonyl (C=O) groups excluding carboxylic acids is 1. The number of rotatable bonds is 2. The van der Waals surface area contributed by atoms with E-state index in [0.717, 1.165) is 5.56 Å². The van der Waals surface area contributed by atoms with Gasteiger partial charge in [0, 0.05) is 18.4 Å². The van der Waals surface area contributed by atoms with Gasteiger partial charge in [0.15, 0.2) is 0 Å². The number of aromatic hydroxyl groups is 1. The molecular formula is C10H11NO3. The van der Waals surface area contributed by atoms with Crippen molar-refractivity contribution in [1.29, 1.82) is 0 Å². The lowest BCUT2D eigenvalue weighted by molar-refractivity contribution is -0.115. The average Bonchev–Trinajstić information content (AvgIpc) is 2.45. The molecule has 0 spiro atoms. The first-order valence-electron chi connectivity index (χ1n) is 4.46. The summed E-state index contributed by atoms with van der Waals surface area (Å²) in [4.78, 5) is 11.0. The molecule has 1 aliphatic heterocycles. The summed E-state index contributed by atoms with van der Waals surface area (Å²) in [6, 6.07) is 3.30. The van der Waals surface area contributed by atoms with E-state index in [0.29, 0.717) is 24.1 Å². The maximum atomic E-state index is 11.0. The molecule has 0 bridgehead atoms. The second-order valence-electron chi connectivity index (χ2n) is 3.34. The highest BCUT2D eigenvalue weighted by molar-refractivity contribution is 5.99.